The number of nitrogens with zero attached hydrogens (tertiary/aromatic N) is 1. The summed E-state index contributed by atoms with van der Waals surface area (Å²) in [6.45, 7) is 1.56. The van der Waals surface area contributed by atoms with Gasteiger partial charge in [-0.3, -0.25) is 4.79 Å². The summed E-state index contributed by atoms with van der Waals surface area (Å²) in [6, 6.07) is 5.01. The second-order valence-electron chi connectivity index (χ2n) is 4.80. The van der Waals surface area contributed by atoms with Crippen LogP contribution in [0.4, 0.5) is 17.6 Å². The van der Waals surface area contributed by atoms with Crippen LogP contribution in [0.3, 0.4) is 0 Å². The fraction of sp³-hybridized carbons (Fsp3) is 0.143. The SMILES string of the molecule is Cc1nc(F)c(-c2ccc3[nH]c(=O)c(C(F)(F)F)cc3c2)[nH]1. The number of alkyl halides is 3. The minimum Gasteiger partial charge on any atom is -0.340 e. The number of pyridine rings is 1. The summed E-state index contributed by atoms with van der Waals surface area (Å²) < 4.78 is 52.0. The van der Waals surface area contributed by atoms with Gasteiger partial charge in [0.25, 0.3) is 5.56 Å². The number of hydrogen-bond donors (Lipinski definition) is 2. The summed E-state index contributed by atoms with van der Waals surface area (Å²) in [5.41, 5.74) is -1.85. The van der Waals surface area contributed by atoms with Crippen LogP contribution in [-0.4, -0.2) is 15.0 Å². The van der Waals surface area contributed by atoms with E-state index in [0.717, 1.165) is 6.07 Å². The predicted octanol–water partition coefficient (Wildman–Crippen LogP) is 3.38. The normalized spacial score (nSPS) is 12.0. The van der Waals surface area contributed by atoms with Crippen LogP contribution in [0.25, 0.3) is 22.2 Å². The molecule has 1 aromatic carbocycles. The Morgan fingerprint density at radius 1 is 1.14 bits per heavy atom. The number of H-pyrrole nitrogens is 2. The molecule has 0 bridgehead atoms. The van der Waals surface area contributed by atoms with Gasteiger partial charge in [0, 0.05) is 11.1 Å². The van der Waals surface area contributed by atoms with Gasteiger partial charge in [-0.15, -0.1) is 0 Å². The van der Waals surface area contributed by atoms with E-state index < -0.39 is 23.2 Å². The van der Waals surface area contributed by atoms with Crippen molar-refractivity contribution in [1.82, 2.24) is 15.0 Å². The number of benzene rings is 1. The number of fused-ring (bicyclic) bond motifs is 1. The summed E-state index contributed by atoms with van der Waals surface area (Å²) in [7, 11) is 0. The fourth-order valence-electron chi connectivity index (χ4n) is 2.23. The van der Waals surface area contributed by atoms with E-state index in [0.29, 0.717) is 11.4 Å². The lowest BCUT2D eigenvalue weighted by Gasteiger charge is -2.08. The number of aryl methyl sites for hydroxylation is 1. The Bertz CT molecular complexity index is 924. The van der Waals surface area contributed by atoms with Crippen LogP contribution < -0.4 is 5.56 Å². The molecule has 2 heterocycles. The van der Waals surface area contributed by atoms with Crippen LogP contribution in [-0.2, 0) is 6.18 Å². The first-order valence-corrected chi connectivity index (χ1v) is 6.22. The highest BCUT2D eigenvalue weighted by molar-refractivity contribution is 5.84. The Hall–Kier alpha value is -2.64. The van der Waals surface area contributed by atoms with E-state index in [4.69, 9.17) is 0 Å². The molecule has 0 aliphatic rings. The Morgan fingerprint density at radius 3 is 2.45 bits per heavy atom. The van der Waals surface area contributed by atoms with Crippen LogP contribution in [0.5, 0.6) is 0 Å². The minimum atomic E-state index is -4.76. The third kappa shape index (κ3) is 2.36. The predicted molar refractivity (Wildman–Crippen MR) is 71.8 cm³/mol. The molecule has 3 rings (SSSR count). The van der Waals surface area contributed by atoms with Gasteiger partial charge in [-0.1, -0.05) is 6.07 Å². The maximum Gasteiger partial charge on any atom is 0.421 e. The average molecular weight is 311 g/mol. The molecule has 0 aliphatic carbocycles. The second kappa shape index (κ2) is 4.69. The molecule has 0 spiro atoms. The zero-order chi connectivity index (χ0) is 16.1. The zero-order valence-electron chi connectivity index (χ0n) is 11.2. The molecule has 0 unspecified atom stereocenters. The van der Waals surface area contributed by atoms with E-state index in [-0.39, 0.29) is 16.6 Å². The standard InChI is InChI=1S/C14H9F4N3O/c1-6-19-11(12(15)20-6)7-2-3-10-8(4-7)5-9(13(22)21-10)14(16,17)18/h2-5H,1H3,(H,19,20)(H,21,22). The van der Waals surface area contributed by atoms with E-state index in [2.05, 4.69) is 15.0 Å². The van der Waals surface area contributed by atoms with Crippen LogP contribution in [0.1, 0.15) is 11.4 Å². The van der Waals surface area contributed by atoms with Gasteiger partial charge in [-0.05, 0) is 30.5 Å². The van der Waals surface area contributed by atoms with Crippen LogP contribution in [0, 0.1) is 12.9 Å². The van der Waals surface area contributed by atoms with E-state index in [1.165, 1.54) is 18.2 Å². The first kappa shape index (κ1) is 14.3. The third-order valence-corrected chi connectivity index (χ3v) is 3.22. The lowest BCUT2D eigenvalue weighted by molar-refractivity contribution is -0.138. The average Bonchev–Trinajstić information content (AvgIpc) is 2.75. The van der Waals surface area contributed by atoms with Gasteiger partial charge in [0.05, 0.1) is 0 Å². The minimum absolute atomic E-state index is 0.0826. The van der Waals surface area contributed by atoms with Gasteiger partial charge in [0.2, 0.25) is 5.95 Å². The summed E-state index contributed by atoms with van der Waals surface area (Å²) >= 11 is 0. The molecular formula is C14H9F4N3O. The molecule has 0 saturated carbocycles. The van der Waals surface area contributed by atoms with Crippen LogP contribution in [0.15, 0.2) is 29.1 Å². The van der Waals surface area contributed by atoms with Gasteiger partial charge < -0.3 is 9.97 Å². The van der Waals surface area contributed by atoms with E-state index >= 15 is 0 Å². The fourth-order valence-corrected chi connectivity index (χ4v) is 2.23. The summed E-state index contributed by atoms with van der Waals surface area (Å²) in [5, 5.41) is 0.149. The molecule has 0 fully saturated rings. The Labute approximate surface area is 120 Å². The highest BCUT2D eigenvalue weighted by Gasteiger charge is 2.34. The molecule has 4 nitrogen and oxygen atoms in total. The molecule has 2 N–H and O–H groups in total. The van der Waals surface area contributed by atoms with Gasteiger partial charge in [-0.2, -0.15) is 17.6 Å². The highest BCUT2D eigenvalue weighted by Crippen LogP contribution is 2.30. The van der Waals surface area contributed by atoms with Crippen molar-refractivity contribution in [1.29, 1.82) is 0 Å². The summed E-state index contributed by atoms with van der Waals surface area (Å²) in [6.07, 6.45) is -4.76. The molecule has 114 valence electrons. The molecule has 0 aliphatic heterocycles. The molecule has 0 radical (unpaired) electrons. The Balaban J connectivity index is 2.23. The highest BCUT2D eigenvalue weighted by atomic mass is 19.4. The van der Waals surface area contributed by atoms with Crippen molar-refractivity contribution in [3.63, 3.8) is 0 Å². The van der Waals surface area contributed by atoms with E-state index in [9.17, 15) is 22.4 Å². The quantitative estimate of drug-likeness (QED) is 0.677. The maximum atomic E-state index is 13.6. The van der Waals surface area contributed by atoms with Crippen molar-refractivity contribution in [3.8, 4) is 11.3 Å². The summed E-state index contributed by atoms with van der Waals surface area (Å²) in [5.74, 6) is -0.387. The van der Waals surface area contributed by atoms with Crippen molar-refractivity contribution < 1.29 is 17.6 Å². The summed E-state index contributed by atoms with van der Waals surface area (Å²) in [4.78, 5) is 19.9. The second-order valence-corrected chi connectivity index (χ2v) is 4.80. The topological polar surface area (TPSA) is 61.5 Å². The lowest BCUT2D eigenvalue weighted by atomic mass is 10.1. The molecule has 0 atom stereocenters. The first-order chi connectivity index (χ1) is 10.3. The smallest absolute Gasteiger partial charge is 0.340 e. The van der Waals surface area contributed by atoms with E-state index in [1.54, 1.807) is 6.92 Å². The monoisotopic (exact) mass is 311 g/mol. The molecule has 8 heteroatoms. The lowest BCUT2D eigenvalue weighted by Crippen LogP contribution is -2.21. The number of aromatic amines is 2. The van der Waals surface area contributed by atoms with Gasteiger partial charge in [-0.25, -0.2) is 4.98 Å². The molecule has 22 heavy (non-hydrogen) atoms. The van der Waals surface area contributed by atoms with Gasteiger partial charge in [0.15, 0.2) is 0 Å². The Kier molecular flexibility index (Phi) is 3.05. The van der Waals surface area contributed by atoms with Crippen molar-refractivity contribution in [3.05, 3.63) is 52.0 Å². The van der Waals surface area contributed by atoms with Crippen LogP contribution in [0.2, 0.25) is 0 Å². The molecule has 0 saturated heterocycles. The Morgan fingerprint density at radius 2 is 1.86 bits per heavy atom. The van der Waals surface area contributed by atoms with Crippen molar-refractivity contribution in [2.75, 3.05) is 0 Å². The van der Waals surface area contributed by atoms with E-state index in [1.807, 2.05) is 0 Å². The molecule has 2 aromatic heterocycles. The van der Waals surface area contributed by atoms with Gasteiger partial charge in [0.1, 0.15) is 17.1 Å². The molecular weight excluding hydrogens is 302 g/mol. The number of imidazole rings is 1. The molecule has 3 aromatic rings. The number of rotatable bonds is 1. The third-order valence-electron chi connectivity index (χ3n) is 3.22. The molecule has 0 amide bonds. The number of halogens is 4. The number of hydrogen-bond acceptors (Lipinski definition) is 2. The largest absolute Gasteiger partial charge is 0.421 e. The number of nitrogens with one attached hydrogen (secondary N) is 2. The zero-order valence-corrected chi connectivity index (χ0v) is 11.2. The van der Waals surface area contributed by atoms with Crippen molar-refractivity contribution in [2.24, 2.45) is 0 Å². The van der Waals surface area contributed by atoms with Crippen LogP contribution >= 0.6 is 0 Å². The van der Waals surface area contributed by atoms with Crippen molar-refractivity contribution in [2.45, 2.75) is 13.1 Å². The van der Waals surface area contributed by atoms with Crippen molar-refractivity contribution >= 4 is 10.9 Å². The number of aromatic nitrogens is 3. The van der Waals surface area contributed by atoms with Gasteiger partial charge >= 0.3 is 6.18 Å². The first-order valence-electron chi connectivity index (χ1n) is 6.22. The maximum absolute atomic E-state index is 13.6.